The van der Waals surface area contributed by atoms with Crippen LogP contribution in [-0.4, -0.2) is 15.9 Å². The zero-order valence-corrected chi connectivity index (χ0v) is 12.9. The van der Waals surface area contributed by atoms with E-state index in [0.29, 0.717) is 11.4 Å². The molecule has 1 aromatic carbocycles. The zero-order valence-electron chi connectivity index (χ0n) is 11.3. The van der Waals surface area contributed by atoms with Crippen LogP contribution in [0.3, 0.4) is 0 Å². The lowest BCUT2D eigenvalue weighted by Crippen LogP contribution is -2.14. The van der Waals surface area contributed by atoms with Gasteiger partial charge in [0.1, 0.15) is 5.82 Å². The van der Waals surface area contributed by atoms with Crippen molar-refractivity contribution in [1.29, 1.82) is 0 Å². The fourth-order valence-corrected chi connectivity index (χ4v) is 2.31. The summed E-state index contributed by atoms with van der Waals surface area (Å²) in [6.07, 6.45) is 1.64. The van der Waals surface area contributed by atoms with E-state index in [0.717, 1.165) is 21.1 Å². The van der Waals surface area contributed by atoms with E-state index in [-0.39, 0.29) is 5.91 Å². The molecule has 0 bridgehead atoms. The Balaban J connectivity index is 1.95. The molecule has 2 heterocycles. The van der Waals surface area contributed by atoms with Crippen LogP contribution in [0.4, 0.5) is 5.82 Å². The van der Waals surface area contributed by atoms with Crippen LogP contribution in [0.2, 0.25) is 0 Å². The first-order valence-corrected chi connectivity index (χ1v) is 7.23. The number of fused-ring (bicyclic) bond motifs is 1. The third-order valence-corrected chi connectivity index (χ3v) is 3.99. The van der Waals surface area contributed by atoms with E-state index in [4.69, 9.17) is 0 Å². The van der Waals surface area contributed by atoms with Gasteiger partial charge >= 0.3 is 0 Å². The van der Waals surface area contributed by atoms with E-state index in [2.05, 4.69) is 31.2 Å². The second kappa shape index (κ2) is 5.61. The molecule has 0 atom stereocenters. The topological polar surface area (TPSA) is 54.9 Å². The van der Waals surface area contributed by atoms with E-state index in [1.165, 1.54) is 0 Å². The fourth-order valence-electron chi connectivity index (χ4n) is 2.09. The summed E-state index contributed by atoms with van der Waals surface area (Å²) in [5, 5.41) is 3.65. The molecule has 104 valence electrons. The Kier molecular flexibility index (Phi) is 3.66. The second-order valence-electron chi connectivity index (χ2n) is 4.59. The highest BCUT2D eigenvalue weighted by Gasteiger charge is 2.11. The molecule has 5 heteroatoms. The number of carbonyl (C=O) groups is 1. The minimum Gasteiger partial charge on any atom is -0.307 e. The van der Waals surface area contributed by atoms with Crippen molar-refractivity contribution in [1.82, 2.24) is 9.97 Å². The molecule has 3 aromatic rings. The summed E-state index contributed by atoms with van der Waals surface area (Å²) in [5.74, 6) is 0.337. The van der Waals surface area contributed by atoms with Crippen molar-refractivity contribution < 1.29 is 4.79 Å². The predicted octanol–water partition coefficient (Wildman–Crippen LogP) is 3.95. The first kappa shape index (κ1) is 13.7. The lowest BCUT2D eigenvalue weighted by atomic mass is 10.1. The number of anilines is 1. The Bertz CT molecular complexity index is 827. The van der Waals surface area contributed by atoms with Gasteiger partial charge in [-0.05, 0) is 47.1 Å². The summed E-state index contributed by atoms with van der Waals surface area (Å²) >= 11 is 3.39. The van der Waals surface area contributed by atoms with Gasteiger partial charge in [-0.3, -0.25) is 9.78 Å². The van der Waals surface area contributed by atoms with Gasteiger partial charge in [-0.15, -0.1) is 0 Å². The summed E-state index contributed by atoms with van der Waals surface area (Å²) in [7, 11) is 0. The normalized spacial score (nSPS) is 10.6. The SMILES string of the molecule is Cc1nc(NC(=O)c2ccnc3ccccc23)ccc1Br. The number of nitrogens with zero attached hydrogens (tertiary/aromatic N) is 2. The van der Waals surface area contributed by atoms with Crippen molar-refractivity contribution in [2.45, 2.75) is 6.92 Å². The Morgan fingerprint density at radius 2 is 1.95 bits per heavy atom. The van der Waals surface area contributed by atoms with Crippen LogP contribution in [0.15, 0.2) is 53.1 Å². The van der Waals surface area contributed by atoms with Crippen molar-refractivity contribution in [2.24, 2.45) is 0 Å². The number of hydrogen-bond acceptors (Lipinski definition) is 3. The van der Waals surface area contributed by atoms with E-state index in [1.807, 2.05) is 37.3 Å². The number of nitrogens with one attached hydrogen (secondary N) is 1. The molecule has 0 saturated heterocycles. The Hall–Kier alpha value is -2.27. The van der Waals surface area contributed by atoms with Gasteiger partial charge in [0.05, 0.1) is 16.8 Å². The predicted molar refractivity (Wildman–Crippen MR) is 86.4 cm³/mol. The maximum atomic E-state index is 12.4. The first-order chi connectivity index (χ1) is 10.1. The number of para-hydroxylation sites is 1. The van der Waals surface area contributed by atoms with Gasteiger partial charge in [0.2, 0.25) is 0 Å². The number of aryl methyl sites for hydroxylation is 1. The largest absolute Gasteiger partial charge is 0.307 e. The van der Waals surface area contributed by atoms with Gasteiger partial charge in [-0.25, -0.2) is 4.98 Å². The van der Waals surface area contributed by atoms with Crippen molar-refractivity contribution in [2.75, 3.05) is 5.32 Å². The molecule has 0 unspecified atom stereocenters. The quantitative estimate of drug-likeness (QED) is 0.767. The standard InChI is InChI=1S/C16H12BrN3O/c1-10-13(17)6-7-15(19-10)20-16(21)12-8-9-18-14-5-3-2-4-11(12)14/h2-9H,1H3,(H,19,20,21). The number of benzene rings is 1. The van der Waals surface area contributed by atoms with Crippen LogP contribution in [0.5, 0.6) is 0 Å². The Morgan fingerprint density at radius 1 is 1.14 bits per heavy atom. The molecular weight excluding hydrogens is 330 g/mol. The molecule has 0 spiro atoms. The van der Waals surface area contributed by atoms with Crippen LogP contribution in [0, 0.1) is 6.92 Å². The zero-order chi connectivity index (χ0) is 14.8. The van der Waals surface area contributed by atoms with E-state index in [9.17, 15) is 4.79 Å². The van der Waals surface area contributed by atoms with Gasteiger partial charge < -0.3 is 5.32 Å². The molecule has 3 rings (SSSR count). The van der Waals surface area contributed by atoms with Crippen LogP contribution in [0.25, 0.3) is 10.9 Å². The van der Waals surface area contributed by atoms with Crippen molar-refractivity contribution in [3.63, 3.8) is 0 Å². The number of carbonyl (C=O) groups excluding carboxylic acids is 1. The number of rotatable bonds is 2. The van der Waals surface area contributed by atoms with Crippen LogP contribution in [0.1, 0.15) is 16.1 Å². The Labute approximate surface area is 130 Å². The molecule has 2 aromatic heterocycles. The summed E-state index contributed by atoms with van der Waals surface area (Å²) in [5.41, 5.74) is 2.21. The van der Waals surface area contributed by atoms with Crippen LogP contribution in [-0.2, 0) is 0 Å². The average Bonchev–Trinajstić information content (AvgIpc) is 2.50. The minimum absolute atomic E-state index is 0.192. The molecule has 0 aliphatic rings. The molecular formula is C16H12BrN3O. The Morgan fingerprint density at radius 3 is 2.76 bits per heavy atom. The summed E-state index contributed by atoms with van der Waals surface area (Å²) < 4.78 is 0.912. The summed E-state index contributed by atoms with van der Waals surface area (Å²) in [6, 6.07) is 12.9. The third kappa shape index (κ3) is 2.78. The molecule has 4 nitrogen and oxygen atoms in total. The number of amides is 1. The average molecular weight is 342 g/mol. The molecule has 21 heavy (non-hydrogen) atoms. The van der Waals surface area contributed by atoms with Crippen molar-refractivity contribution in [3.05, 3.63) is 64.4 Å². The minimum atomic E-state index is -0.192. The van der Waals surface area contributed by atoms with Crippen LogP contribution >= 0.6 is 15.9 Å². The molecule has 0 fully saturated rings. The summed E-state index contributed by atoms with van der Waals surface area (Å²) in [4.78, 5) is 21.0. The molecule has 0 aliphatic heterocycles. The second-order valence-corrected chi connectivity index (χ2v) is 5.45. The third-order valence-electron chi connectivity index (χ3n) is 3.16. The summed E-state index contributed by atoms with van der Waals surface area (Å²) in [6.45, 7) is 1.88. The maximum Gasteiger partial charge on any atom is 0.257 e. The number of aromatic nitrogens is 2. The van der Waals surface area contributed by atoms with E-state index in [1.54, 1.807) is 18.3 Å². The van der Waals surface area contributed by atoms with Gasteiger partial charge in [0, 0.05) is 16.1 Å². The highest BCUT2D eigenvalue weighted by atomic mass is 79.9. The van der Waals surface area contributed by atoms with E-state index < -0.39 is 0 Å². The van der Waals surface area contributed by atoms with Crippen LogP contribution < -0.4 is 5.32 Å². The first-order valence-electron chi connectivity index (χ1n) is 6.43. The van der Waals surface area contributed by atoms with Gasteiger partial charge in [-0.1, -0.05) is 18.2 Å². The molecule has 0 radical (unpaired) electrons. The maximum absolute atomic E-state index is 12.4. The fraction of sp³-hybridized carbons (Fsp3) is 0.0625. The van der Waals surface area contributed by atoms with Gasteiger partial charge in [0.25, 0.3) is 5.91 Å². The lowest BCUT2D eigenvalue weighted by molar-refractivity contribution is 0.102. The highest BCUT2D eigenvalue weighted by Crippen LogP contribution is 2.19. The molecule has 1 N–H and O–H groups in total. The molecule has 0 saturated carbocycles. The monoisotopic (exact) mass is 341 g/mol. The van der Waals surface area contributed by atoms with E-state index >= 15 is 0 Å². The molecule has 1 amide bonds. The number of pyridine rings is 2. The lowest BCUT2D eigenvalue weighted by Gasteiger charge is -2.08. The van der Waals surface area contributed by atoms with Gasteiger partial charge in [-0.2, -0.15) is 0 Å². The molecule has 0 aliphatic carbocycles. The van der Waals surface area contributed by atoms with Gasteiger partial charge in [0.15, 0.2) is 0 Å². The number of hydrogen-bond donors (Lipinski definition) is 1. The smallest absolute Gasteiger partial charge is 0.257 e. The van der Waals surface area contributed by atoms with Crippen molar-refractivity contribution >= 4 is 38.6 Å². The number of halogens is 1. The van der Waals surface area contributed by atoms with Crippen molar-refractivity contribution in [3.8, 4) is 0 Å². The highest BCUT2D eigenvalue weighted by molar-refractivity contribution is 9.10.